The van der Waals surface area contributed by atoms with Crippen LogP contribution < -0.4 is 9.80 Å². The Balaban J connectivity index is 1.86. The molecule has 22 heavy (non-hydrogen) atoms. The fourth-order valence-electron chi connectivity index (χ4n) is 2.68. The van der Waals surface area contributed by atoms with E-state index in [9.17, 15) is 13.2 Å². The lowest BCUT2D eigenvalue weighted by molar-refractivity contribution is -0.119. The molecule has 1 aliphatic rings. The summed E-state index contributed by atoms with van der Waals surface area (Å²) in [4.78, 5) is 3.44. The van der Waals surface area contributed by atoms with Gasteiger partial charge in [0, 0.05) is 20.1 Å². The van der Waals surface area contributed by atoms with Crippen LogP contribution in [0.1, 0.15) is 5.69 Å². The Hall–Kier alpha value is -2.25. The predicted octanol–water partition coefficient (Wildman–Crippen LogP) is 2.20. The standard InChI is InChI=1S/C14H16F3N5/c1-20-11(8-18-19-20)9-21-6-7-22(10-14(15,16)17)13-5-3-2-4-12(13)21/h2-5,8H,6-7,9-10H2,1H3. The van der Waals surface area contributed by atoms with Gasteiger partial charge in [0.25, 0.3) is 0 Å². The minimum absolute atomic E-state index is 0.335. The van der Waals surface area contributed by atoms with Gasteiger partial charge in [-0.1, -0.05) is 17.3 Å². The molecule has 0 bridgehead atoms. The van der Waals surface area contributed by atoms with Gasteiger partial charge in [0.1, 0.15) is 6.54 Å². The van der Waals surface area contributed by atoms with Gasteiger partial charge < -0.3 is 9.80 Å². The van der Waals surface area contributed by atoms with Gasteiger partial charge >= 0.3 is 6.18 Å². The number of alkyl halides is 3. The molecule has 2 heterocycles. The molecule has 0 saturated carbocycles. The number of nitrogens with zero attached hydrogens (tertiary/aromatic N) is 5. The molecule has 5 nitrogen and oxygen atoms in total. The molecule has 0 radical (unpaired) electrons. The number of hydrogen-bond acceptors (Lipinski definition) is 4. The topological polar surface area (TPSA) is 37.2 Å². The van der Waals surface area contributed by atoms with E-state index in [0.717, 1.165) is 11.4 Å². The highest BCUT2D eigenvalue weighted by Crippen LogP contribution is 2.35. The van der Waals surface area contributed by atoms with E-state index < -0.39 is 12.7 Å². The number of para-hydroxylation sites is 2. The second-order valence-electron chi connectivity index (χ2n) is 5.30. The van der Waals surface area contributed by atoms with E-state index in [1.54, 1.807) is 30.1 Å². The Kier molecular flexibility index (Phi) is 3.67. The summed E-state index contributed by atoms with van der Waals surface area (Å²) < 4.78 is 39.8. The summed E-state index contributed by atoms with van der Waals surface area (Å²) in [6, 6.07) is 7.18. The van der Waals surface area contributed by atoms with E-state index >= 15 is 0 Å². The first-order valence-corrected chi connectivity index (χ1v) is 6.93. The minimum atomic E-state index is -4.21. The van der Waals surface area contributed by atoms with Crippen molar-refractivity contribution in [1.29, 1.82) is 0 Å². The third-order valence-corrected chi connectivity index (χ3v) is 3.73. The molecule has 0 unspecified atom stereocenters. The van der Waals surface area contributed by atoms with Crippen LogP contribution in [0.3, 0.4) is 0 Å². The summed E-state index contributed by atoms with van der Waals surface area (Å²) in [6.07, 6.45) is -2.54. The molecule has 1 aliphatic heterocycles. The van der Waals surface area contributed by atoms with Crippen LogP contribution in [0, 0.1) is 0 Å². The van der Waals surface area contributed by atoms with Crippen molar-refractivity contribution in [2.75, 3.05) is 29.4 Å². The highest BCUT2D eigenvalue weighted by molar-refractivity contribution is 5.73. The number of fused-ring (bicyclic) bond motifs is 1. The molecular weight excluding hydrogens is 295 g/mol. The number of hydrogen-bond donors (Lipinski definition) is 0. The largest absolute Gasteiger partial charge is 0.405 e. The van der Waals surface area contributed by atoms with Crippen molar-refractivity contribution in [3.8, 4) is 0 Å². The molecule has 0 fully saturated rings. The summed E-state index contributed by atoms with van der Waals surface area (Å²) in [5.74, 6) is 0. The van der Waals surface area contributed by atoms with Gasteiger partial charge in [-0.15, -0.1) is 5.10 Å². The van der Waals surface area contributed by atoms with Crippen molar-refractivity contribution in [1.82, 2.24) is 15.0 Å². The smallest absolute Gasteiger partial charge is 0.362 e. The molecule has 3 rings (SSSR count). The zero-order valence-corrected chi connectivity index (χ0v) is 12.1. The number of halogens is 3. The van der Waals surface area contributed by atoms with E-state index in [4.69, 9.17) is 0 Å². The lowest BCUT2D eigenvalue weighted by Gasteiger charge is -2.39. The molecule has 2 aromatic rings. The quantitative estimate of drug-likeness (QED) is 0.871. The average molecular weight is 311 g/mol. The lowest BCUT2D eigenvalue weighted by atomic mass is 10.1. The van der Waals surface area contributed by atoms with Crippen LogP contribution >= 0.6 is 0 Å². The van der Waals surface area contributed by atoms with E-state index in [2.05, 4.69) is 15.2 Å². The molecule has 0 spiro atoms. The van der Waals surface area contributed by atoms with Crippen LogP contribution in [0.25, 0.3) is 0 Å². The Morgan fingerprint density at radius 2 is 1.73 bits per heavy atom. The van der Waals surface area contributed by atoms with Crippen LogP contribution in [-0.2, 0) is 13.6 Å². The highest BCUT2D eigenvalue weighted by atomic mass is 19.4. The van der Waals surface area contributed by atoms with Crippen LogP contribution in [-0.4, -0.2) is 40.8 Å². The molecule has 118 valence electrons. The number of benzene rings is 1. The Labute approximate surface area is 125 Å². The summed E-state index contributed by atoms with van der Waals surface area (Å²) in [6.45, 7) is 0.506. The lowest BCUT2D eigenvalue weighted by Crippen LogP contribution is -2.44. The molecule has 0 aliphatic carbocycles. The van der Waals surface area contributed by atoms with Crippen molar-refractivity contribution < 1.29 is 13.2 Å². The normalized spacial score (nSPS) is 15.1. The monoisotopic (exact) mass is 311 g/mol. The van der Waals surface area contributed by atoms with Gasteiger partial charge in [-0.2, -0.15) is 13.2 Å². The molecule has 1 aromatic carbocycles. The second-order valence-corrected chi connectivity index (χ2v) is 5.30. The van der Waals surface area contributed by atoms with E-state index in [0.29, 0.717) is 25.3 Å². The first-order chi connectivity index (χ1) is 10.4. The van der Waals surface area contributed by atoms with Crippen molar-refractivity contribution >= 4 is 11.4 Å². The van der Waals surface area contributed by atoms with E-state index in [1.807, 2.05) is 12.1 Å². The number of aryl methyl sites for hydroxylation is 1. The summed E-state index contributed by atoms with van der Waals surface area (Å²) in [5, 5.41) is 7.72. The predicted molar refractivity (Wildman–Crippen MR) is 76.8 cm³/mol. The van der Waals surface area contributed by atoms with Gasteiger partial charge in [0.15, 0.2) is 0 Å². The third-order valence-electron chi connectivity index (χ3n) is 3.73. The van der Waals surface area contributed by atoms with Crippen LogP contribution in [0.4, 0.5) is 24.5 Å². The Morgan fingerprint density at radius 1 is 1.09 bits per heavy atom. The third kappa shape index (κ3) is 3.00. The highest BCUT2D eigenvalue weighted by Gasteiger charge is 2.34. The molecule has 0 amide bonds. The van der Waals surface area contributed by atoms with Crippen molar-refractivity contribution in [2.24, 2.45) is 7.05 Å². The molecular formula is C14H16F3N5. The summed E-state index contributed by atoms with van der Waals surface area (Å²) >= 11 is 0. The minimum Gasteiger partial charge on any atom is -0.362 e. The zero-order valence-electron chi connectivity index (χ0n) is 12.1. The molecule has 8 heteroatoms. The van der Waals surface area contributed by atoms with Gasteiger partial charge in [0.2, 0.25) is 0 Å². The average Bonchev–Trinajstić information content (AvgIpc) is 2.86. The number of anilines is 2. The molecule has 0 saturated heterocycles. The fourth-order valence-corrected chi connectivity index (χ4v) is 2.68. The van der Waals surface area contributed by atoms with E-state index in [1.165, 1.54) is 4.90 Å². The van der Waals surface area contributed by atoms with Crippen molar-refractivity contribution in [2.45, 2.75) is 12.7 Å². The Morgan fingerprint density at radius 3 is 2.32 bits per heavy atom. The first kappa shape index (κ1) is 14.7. The van der Waals surface area contributed by atoms with Gasteiger partial charge in [-0.3, -0.25) is 4.68 Å². The van der Waals surface area contributed by atoms with Crippen LogP contribution in [0.5, 0.6) is 0 Å². The molecule has 1 aromatic heterocycles. The van der Waals surface area contributed by atoms with Crippen molar-refractivity contribution in [3.05, 3.63) is 36.2 Å². The zero-order chi connectivity index (χ0) is 15.7. The maximum absolute atomic E-state index is 12.7. The van der Waals surface area contributed by atoms with Gasteiger partial charge in [-0.25, -0.2) is 0 Å². The number of rotatable bonds is 3. The SMILES string of the molecule is Cn1nncc1CN1CCN(CC(F)(F)F)c2ccccc21. The first-order valence-electron chi connectivity index (χ1n) is 6.93. The second kappa shape index (κ2) is 5.51. The van der Waals surface area contributed by atoms with Gasteiger partial charge in [-0.05, 0) is 12.1 Å². The number of aromatic nitrogens is 3. The Bertz CT molecular complexity index is 652. The maximum Gasteiger partial charge on any atom is 0.405 e. The maximum atomic E-state index is 12.7. The van der Waals surface area contributed by atoms with Crippen LogP contribution in [0.15, 0.2) is 30.5 Å². The van der Waals surface area contributed by atoms with Gasteiger partial charge in [0.05, 0.1) is 29.8 Å². The summed E-state index contributed by atoms with van der Waals surface area (Å²) in [7, 11) is 1.80. The van der Waals surface area contributed by atoms with Crippen LogP contribution in [0.2, 0.25) is 0 Å². The van der Waals surface area contributed by atoms with Crippen molar-refractivity contribution in [3.63, 3.8) is 0 Å². The fraction of sp³-hybridized carbons (Fsp3) is 0.429. The van der Waals surface area contributed by atoms with E-state index in [-0.39, 0.29) is 0 Å². The summed E-state index contributed by atoms with van der Waals surface area (Å²) in [5.41, 5.74) is 2.33. The molecule has 0 atom stereocenters. The molecule has 0 N–H and O–H groups in total.